The van der Waals surface area contributed by atoms with E-state index >= 15 is 0 Å². The van der Waals surface area contributed by atoms with E-state index in [4.69, 9.17) is 14.6 Å². The van der Waals surface area contributed by atoms with E-state index in [2.05, 4.69) is 13.8 Å². The molecule has 1 N–H and O–H groups in total. The van der Waals surface area contributed by atoms with Crippen LogP contribution in [0.5, 0.6) is 5.75 Å². The Labute approximate surface area is 169 Å². The molecule has 0 aliphatic rings. The van der Waals surface area contributed by atoms with Gasteiger partial charge in [-0.2, -0.15) is 0 Å². The number of methoxy groups -OCH3 is 1. The SMILES string of the molecule is COC(=O)c1ccccc1-c1cc(C(C)(C)c2ccccc2)ccc1OC(=O)O. The maximum absolute atomic E-state index is 12.3. The average Bonchev–Trinajstić information content (AvgIpc) is 2.73. The van der Waals surface area contributed by atoms with Crippen molar-refractivity contribution < 1.29 is 24.2 Å². The van der Waals surface area contributed by atoms with Gasteiger partial charge >= 0.3 is 12.1 Å². The minimum absolute atomic E-state index is 0.154. The Morgan fingerprint density at radius 2 is 1.48 bits per heavy atom. The summed E-state index contributed by atoms with van der Waals surface area (Å²) in [7, 11) is 1.31. The summed E-state index contributed by atoms with van der Waals surface area (Å²) in [4.78, 5) is 23.5. The summed E-state index contributed by atoms with van der Waals surface area (Å²) in [6.07, 6.45) is -1.42. The number of carbonyl (C=O) groups excluding carboxylic acids is 1. The average molecular weight is 390 g/mol. The van der Waals surface area contributed by atoms with Gasteiger partial charge < -0.3 is 14.6 Å². The van der Waals surface area contributed by atoms with Crippen molar-refractivity contribution in [2.24, 2.45) is 0 Å². The maximum Gasteiger partial charge on any atom is 0.511 e. The highest BCUT2D eigenvalue weighted by atomic mass is 16.7. The van der Waals surface area contributed by atoms with E-state index in [9.17, 15) is 9.59 Å². The second-order valence-corrected chi connectivity index (χ2v) is 7.11. The molecule has 0 spiro atoms. The van der Waals surface area contributed by atoms with E-state index in [0.29, 0.717) is 16.7 Å². The Hall–Kier alpha value is -3.60. The van der Waals surface area contributed by atoms with E-state index in [1.807, 2.05) is 42.5 Å². The first-order valence-electron chi connectivity index (χ1n) is 9.13. The predicted molar refractivity (Wildman–Crippen MR) is 110 cm³/mol. The van der Waals surface area contributed by atoms with E-state index in [0.717, 1.165) is 11.1 Å². The zero-order valence-corrected chi connectivity index (χ0v) is 16.5. The van der Waals surface area contributed by atoms with Crippen LogP contribution in [0, 0.1) is 0 Å². The van der Waals surface area contributed by atoms with Gasteiger partial charge in [0.25, 0.3) is 0 Å². The molecule has 0 unspecified atom stereocenters. The van der Waals surface area contributed by atoms with Crippen LogP contribution in [0.4, 0.5) is 4.79 Å². The molecule has 0 saturated heterocycles. The first-order chi connectivity index (χ1) is 13.8. The summed E-state index contributed by atoms with van der Waals surface area (Å²) in [5.41, 5.74) is 3.10. The van der Waals surface area contributed by atoms with Gasteiger partial charge in [0.1, 0.15) is 5.75 Å². The number of benzene rings is 3. The molecule has 148 valence electrons. The third-order valence-electron chi connectivity index (χ3n) is 5.02. The van der Waals surface area contributed by atoms with Crippen molar-refractivity contribution in [1.82, 2.24) is 0 Å². The molecule has 0 fully saturated rings. The van der Waals surface area contributed by atoms with E-state index in [1.165, 1.54) is 7.11 Å². The Morgan fingerprint density at radius 1 is 0.828 bits per heavy atom. The van der Waals surface area contributed by atoms with Crippen LogP contribution in [0.25, 0.3) is 11.1 Å². The fourth-order valence-electron chi connectivity index (χ4n) is 3.34. The molecule has 0 heterocycles. The van der Waals surface area contributed by atoms with Gasteiger partial charge in [-0.15, -0.1) is 0 Å². The zero-order valence-electron chi connectivity index (χ0n) is 16.5. The van der Waals surface area contributed by atoms with Crippen LogP contribution in [0.2, 0.25) is 0 Å². The lowest BCUT2D eigenvalue weighted by molar-refractivity contribution is 0.0601. The van der Waals surface area contributed by atoms with Gasteiger partial charge in [0.2, 0.25) is 0 Å². The van der Waals surface area contributed by atoms with Gasteiger partial charge in [-0.1, -0.05) is 68.4 Å². The van der Waals surface area contributed by atoms with Crippen molar-refractivity contribution >= 4 is 12.1 Å². The van der Waals surface area contributed by atoms with Crippen molar-refractivity contribution in [3.8, 4) is 16.9 Å². The fourth-order valence-corrected chi connectivity index (χ4v) is 3.34. The summed E-state index contributed by atoms with van der Waals surface area (Å²) in [5, 5.41) is 9.16. The third kappa shape index (κ3) is 4.14. The first kappa shape index (κ1) is 20.1. The van der Waals surface area contributed by atoms with Crippen LogP contribution in [0.15, 0.2) is 72.8 Å². The van der Waals surface area contributed by atoms with Crippen LogP contribution >= 0.6 is 0 Å². The number of esters is 1. The Morgan fingerprint density at radius 3 is 2.14 bits per heavy atom. The van der Waals surface area contributed by atoms with Crippen LogP contribution in [0.3, 0.4) is 0 Å². The molecule has 3 aromatic carbocycles. The van der Waals surface area contributed by atoms with Gasteiger partial charge in [0.15, 0.2) is 0 Å². The number of hydrogen-bond acceptors (Lipinski definition) is 4. The number of carboxylic acid groups (broad SMARTS) is 1. The van der Waals surface area contributed by atoms with Gasteiger partial charge in [-0.05, 0) is 34.9 Å². The van der Waals surface area contributed by atoms with Crippen LogP contribution in [0.1, 0.15) is 35.3 Å². The second-order valence-electron chi connectivity index (χ2n) is 7.11. The highest BCUT2D eigenvalue weighted by molar-refractivity contribution is 5.98. The first-order valence-corrected chi connectivity index (χ1v) is 9.13. The number of ether oxygens (including phenoxy) is 2. The lowest BCUT2D eigenvalue weighted by Crippen LogP contribution is -2.19. The van der Waals surface area contributed by atoms with E-state index in [-0.39, 0.29) is 11.2 Å². The number of carbonyl (C=O) groups is 2. The minimum atomic E-state index is -1.42. The molecular weight excluding hydrogens is 368 g/mol. The Kier molecular flexibility index (Phi) is 5.69. The zero-order chi connectivity index (χ0) is 21.0. The van der Waals surface area contributed by atoms with Crippen molar-refractivity contribution in [2.75, 3.05) is 7.11 Å². The molecule has 0 atom stereocenters. The molecule has 0 bridgehead atoms. The largest absolute Gasteiger partial charge is 0.511 e. The van der Waals surface area contributed by atoms with Crippen LogP contribution in [-0.4, -0.2) is 24.3 Å². The number of hydrogen-bond donors (Lipinski definition) is 1. The van der Waals surface area contributed by atoms with Gasteiger partial charge in [0, 0.05) is 11.0 Å². The summed E-state index contributed by atoms with van der Waals surface area (Å²) in [6.45, 7) is 4.18. The quantitative estimate of drug-likeness (QED) is 0.458. The standard InChI is InChI=1S/C24H22O5/c1-24(2,16-9-5-4-6-10-16)17-13-14-21(29-23(26)27)20(15-17)18-11-7-8-12-19(18)22(25)28-3/h4-15H,1-3H3,(H,26,27). The van der Waals surface area contributed by atoms with Gasteiger partial charge in [0.05, 0.1) is 12.7 Å². The summed E-state index contributed by atoms with van der Waals surface area (Å²) in [6, 6.07) is 22.2. The van der Waals surface area contributed by atoms with Crippen LogP contribution < -0.4 is 4.74 Å². The maximum atomic E-state index is 12.3. The second kappa shape index (κ2) is 8.19. The lowest BCUT2D eigenvalue weighted by Gasteiger charge is -2.27. The summed E-state index contributed by atoms with van der Waals surface area (Å²) in [5.74, 6) is -0.351. The predicted octanol–water partition coefficient (Wildman–Crippen LogP) is 5.52. The Bertz CT molecular complexity index is 1040. The molecule has 0 aliphatic carbocycles. The van der Waals surface area contributed by atoms with Crippen molar-refractivity contribution in [1.29, 1.82) is 0 Å². The molecule has 5 heteroatoms. The molecule has 3 rings (SSSR count). The molecular formula is C24H22O5. The monoisotopic (exact) mass is 390 g/mol. The molecule has 0 saturated carbocycles. The molecule has 0 aromatic heterocycles. The molecule has 0 radical (unpaired) electrons. The summed E-state index contributed by atoms with van der Waals surface area (Å²) < 4.78 is 9.90. The molecule has 5 nitrogen and oxygen atoms in total. The normalized spacial score (nSPS) is 11.0. The highest BCUT2D eigenvalue weighted by Crippen LogP contribution is 2.39. The number of rotatable bonds is 5. The van der Waals surface area contributed by atoms with Gasteiger partial charge in [-0.3, -0.25) is 0 Å². The molecule has 3 aromatic rings. The van der Waals surface area contributed by atoms with E-state index < -0.39 is 12.1 Å². The molecule has 0 amide bonds. The molecule has 0 aliphatic heterocycles. The van der Waals surface area contributed by atoms with Gasteiger partial charge in [-0.25, -0.2) is 9.59 Å². The Balaban J connectivity index is 2.21. The lowest BCUT2D eigenvalue weighted by atomic mass is 9.77. The third-order valence-corrected chi connectivity index (χ3v) is 5.02. The summed E-state index contributed by atoms with van der Waals surface area (Å²) >= 11 is 0. The van der Waals surface area contributed by atoms with Crippen molar-refractivity contribution in [3.63, 3.8) is 0 Å². The minimum Gasteiger partial charge on any atom is -0.465 e. The molecule has 29 heavy (non-hydrogen) atoms. The van der Waals surface area contributed by atoms with E-state index in [1.54, 1.807) is 30.3 Å². The fraction of sp³-hybridized carbons (Fsp3) is 0.167. The smallest absolute Gasteiger partial charge is 0.465 e. The van der Waals surface area contributed by atoms with Crippen molar-refractivity contribution in [3.05, 3.63) is 89.5 Å². The topological polar surface area (TPSA) is 72.8 Å². The van der Waals surface area contributed by atoms with Crippen molar-refractivity contribution in [2.45, 2.75) is 19.3 Å². The van der Waals surface area contributed by atoms with Crippen LogP contribution in [-0.2, 0) is 10.2 Å². The highest BCUT2D eigenvalue weighted by Gasteiger charge is 2.26.